The molecular formula is C50H35NOS. The van der Waals surface area contributed by atoms with Gasteiger partial charge in [-0.05, 0) is 81.9 Å². The molecule has 0 unspecified atom stereocenters. The highest BCUT2D eigenvalue weighted by Crippen LogP contribution is 2.41. The Morgan fingerprint density at radius 3 is 1.79 bits per heavy atom. The molecular weight excluding hydrogens is 663 g/mol. The Balaban J connectivity index is 0.00000172. The van der Waals surface area contributed by atoms with Crippen LogP contribution in [0.4, 0.5) is 0 Å². The van der Waals surface area contributed by atoms with E-state index < -0.39 is 0 Å². The smallest absolute Gasteiger partial charge is 0.143 e. The van der Waals surface area contributed by atoms with E-state index in [1.807, 2.05) is 37.3 Å². The molecule has 0 atom stereocenters. The molecule has 0 bridgehead atoms. The minimum atomic E-state index is 0.917. The molecule has 0 aliphatic heterocycles. The van der Waals surface area contributed by atoms with Gasteiger partial charge >= 0.3 is 0 Å². The van der Waals surface area contributed by atoms with Crippen molar-refractivity contribution in [1.82, 2.24) is 4.98 Å². The van der Waals surface area contributed by atoms with Crippen molar-refractivity contribution in [2.75, 3.05) is 0 Å². The summed E-state index contributed by atoms with van der Waals surface area (Å²) < 4.78 is 9.06. The lowest BCUT2D eigenvalue weighted by atomic mass is 9.95. The van der Waals surface area contributed by atoms with Crippen LogP contribution >= 0.6 is 11.3 Å². The molecule has 2 nitrogen and oxygen atoms in total. The number of para-hydroxylation sites is 3. The van der Waals surface area contributed by atoms with Crippen LogP contribution in [0.5, 0.6) is 0 Å². The SMILES string of the molecule is CC.c1cc(-c2cccc(-c3cccc4c3[nH]c3ccc(-c5cccc6c5oc5ccccc56)cc34)c2)cc(-c2ccc3sc4ccccc4c3c2)c1. The van der Waals surface area contributed by atoms with Gasteiger partial charge in [-0.1, -0.05) is 135 Å². The van der Waals surface area contributed by atoms with Crippen molar-refractivity contribution < 1.29 is 4.42 Å². The number of rotatable bonds is 4. The molecule has 11 rings (SSSR count). The van der Waals surface area contributed by atoms with Crippen molar-refractivity contribution in [2.24, 2.45) is 0 Å². The average molecular weight is 698 g/mol. The van der Waals surface area contributed by atoms with Crippen LogP contribution in [0.25, 0.3) is 108 Å². The molecule has 0 amide bonds. The number of thiophene rings is 1. The van der Waals surface area contributed by atoms with Gasteiger partial charge in [-0.15, -0.1) is 11.3 Å². The fourth-order valence-corrected chi connectivity index (χ4v) is 9.04. The number of nitrogens with one attached hydrogen (secondary N) is 1. The summed E-state index contributed by atoms with van der Waals surface area (Å²) >= 11 is 1.86. The monoisotopic (exact) mass is 697 g/mol. The highest BCUT2D eigenvalue weighted by atomic mass is 32.1. The summed E-state index contributed by atoms with van der Waals surface area (Å²) in [5, 5.41) is 7.36. The summed E-state index contributed by atoms with van der Waals surface area (Å²) in [4.78, 5) is 3.77. The van der Waals surface area contributed by atoms with Gasteiger partial charge in [0.15, 0.2) is 0 Å². The van der Waals surface area contributed by atoms with E-state index in [4.69, 9.17) is 4.42 Å². The van der Waals surface area contributed by atoms with Gasteiger partial charge in [0.25, 0.3) is 0 Å². The first-order chi connectivity index (χ1) is 26.2. The van der Waals surface area contributed by atoms with Gasteiger partial charge in [-0.25, -0.2) is 0 Å². The summed E-state index contributed by atoms with van der Waals surface area (Å²) in [6, 6.07) is 61.5. The van der Waals surface area contributed by atoms with Crippen molar-refractivity contribution in [3.8, 4) is 44.5 Å². The fourth-order valence-electron chi connectivity index (χ4n) is 7.96. The van der Waals surface area contributed by atoms with Crippen LogP contribution in [0.3, 0.4) is 0 Å². The number of hydrogen-bond acceptors (Lipinski definition) is 2. The van der Waals surface area contributed by atoms with Gasteiger partial charge in [0.05, 0.1) is 5.52 Å². The van der Waals surface area contributed by atoms with Crippen molar-refractivity contribution >= 4 is 75.3 Å². The predicted octanol–water partition coefficient (Wildman–Crippen LogP) is 15.3. The van der Waals surface area contributed by atoms with Crippen LogP contribution < -0.4 is 0 Å². The largest absolute Gasteiger partial charge is 0.455 e. The summed E-state index contributed by atoms with van der Waals surface area (Å²) in [5.41, 5.74) is 13.6. The Hall–Kier alpha value is -6.42. The number of aromatic nitrogens is 1. The van der Waals surface area contributed by atoms with E-state index in [-0.39, 0.29) is 0 Å². The molecule has 0 radical (unpaired) electrons. The van der Waals surface area contributed by atoms with E-state index in [1.54, 1.807) is 0 Å². The Bertz CT molecular complexity index is 3160. The fraction of sp³-hybridized carbons (Fsp3) is 0.0400. The third-order valence-electron chi connectivity index (χ3n) is 10.4. The Labute approximate surface area is 311 Å². The van der Waals surface area contributed by atoms with Crippen molar-refractivity contribution in [3.63, 3.8) is 0 Å². The highest BCUT2D eigenvalue weighted by Gasteiger charge is 2.15. The third kappa shape index (κ3) is 5.16. The molecule has 0 saturated carbocycles. The van der Waals surface area contributed by atoms with E-state index in [0.29, 0.717) is 0 Å². The summed E-state index contributed by atoms with van der Waals surface area (Å²) in [6.07, 6.45) is 0. The van der Waals surface area contributed by atoms with Crippen LogP contribution in [0.2, 0.25) is 0 Å². The van der Waals surface area contributed by atoms with Crippen LogP contribution in [0, 0.1) is 0 Å². The Kier molecular flexibility index (Phi) is 7.48. The third-order valence-corrected chi connectivity index (χ3v) is 11.6. The second-order valence-corrected chi connectivity index (χ2v) is 14.4. The molecule has 8 aromatic carbocycles. The average Bonchev–Trinajstić information content (AvgIpc) is 3.92. The molecule has 0 spiro atoms. The molecule has 0 saturated heterocycles. The van der Waals surface area contributed by atoms with Crippen LogP contribution in [-0.4, -0.2) is 4.98 Å². The van der Waals surface area contributed by atoms with Gasteiger partial charge in [-0.3, -0.25) is 0 Å². The molecule has 3 heteroatoms. The maximum atomic E-state index is 6.40. The number of hydrogen-bond donors (Lipinski definition) is 1. The van der Waals surface area contributed by atoms with Crippen LogP contribution in [0.1, 0.15) is 13.8 Å². The zero-order valence-electron chi connectivity index (χ0n) is 29.5. The first-order valence-electron chi connectivity index (χ1n) is 18.3. The van der Waals surface area contributed by atoms with E-state index in [0.717, 1.165) is 44.1 Å². The van der Waals surface area contributed by atoms with Crippen molar-refractivity contribution in [2.45, 2.75) is 13.8 Å². The molecule has 11 aromatic rings. The summed E-state index contributed by atoms with van der Waals surface area (Å²) in [6.45, 7) is 4.00. The first kappa shape index (κ1) is 31.3. The van der Waals surface area contributed by atoms with Crippen LogP contribution in [-0.2, 0) is 0 Å². The summed E-state index contributed by atoms with van der Waals surface area (Å²) in [5.74, 6) is 0. The standard InChI is InChI=1S/C48H29NOS.C2H6/c1-3-19-44-37(13-1)40-18-8-16-36(48(40)50-44)34-21-23-43-41(28-34)39-17-7-15-35(47(39)49-43)33-12-6-11-31(26-33)29-9-5-10-30(25-29)32-22-24-46-42(27-32)38-14-2-4-20-45(38)51-46;1-2/h1-28,49H;1-2H3. The number of furan rings is 1. The first-order valence-corrected chi connectivity index (χ1v) is 19.1. The quantitative estimate of drug-likeness (QED) is 0.195. The van der Waals surface area contributed by atoms with Gasteiger partial charge in [0, 0.05) is 58.4 Å². The predicted molar refractivity (Wildman–Crippen MR) is 229 cm³/mol. The number of aromatic amines is 1. The lowest BCUT2D eigenvalue weighted by Gasteiger charge is -2.10. The molecule has 0 fully saturated rings. The van der Waals surface area contributed by atoms with Crippen molar-refractivity contribution in [1.29, 1.82) is 0 Å². The second-order valence-electron chi connectivity index (χ2n) is 13.4. The Morgan fingerprint density at radius 2 is 0.962 bits per heavy atom. The van der Waals surface area contributed by atoms with Gasteiger partial charge in [0.2, 0.25) is 0 Å². The van der Waals surface area contributed by atoms with E-state index >= 15 is 0 Å². The molecule has 3 heterocycles. The van der Waals surface area contributed by atoms with E-state index in [9.17, 15) is 0 Å². The number of benzene rings is 8. The van der Waals surface area contributed by atoms with Crippen LogP contribution in [0.15, 0.2) is 174 Å². The van der Waals surface area contributed by atoms with Gasteiger partial charge in [-0.2, -0.15) is 0 Å². The minimum absolute atomic E-state index is 0.917. The molecule has 0 aliphatic rings. The maximum Gasteiger partial charge on any atom is 0.143 e. The number of fused-ring (bicyclic) bond motifs is 9. The van der Waals surface area contributed by atoms with Gasteiger partial charge in [0.1, 0.15) is 11.2 Å². The highest BCUT2D eigenvalue weighted by molar-refractivity contribution is 7.25. The topological polar surface area (TPSA) is 28.9 Å². The Morgan fingerprint density at radius 1 is 0.396 bits per heavy atom. The van der Waals surface area contributed by atoms with E-state index in [1.165, 1.54) is 64.3 Å². The number of H-pyrrole nitrogens is 1. The second kappa shape index (κ2) is 12.7. The maximum absolute atomic E-state index is 6.40. The van der Waals surface area contributed by atoms with Crippen molar-refractivity contribution in [3.05, 3.63) is 170 Å². The lowest BCUT2D eigenvalue weighted by Crippen LogP contribution is -1.85. The zero-order valence-corrected chi connectivity index (χ0v) is 30.3. The molecule has 0 aliphatic carbocycles. The molecule has 53 heavy (non-hydrogen) atoms. The molecule has 252 valence electrons. The lowest BCUT2D eigenvalue weighted by molar-refractivity contribution is 0.670. The van der Waals surface area contributed by atoms with E-state index in [2.05, 4.69) is 163 Å². The summed E-state index contributed by atoms with van der Waals surface area (Å²) in [7, 11) is 0. The minimum Gasteiger partial charge on any atom is -0.455 e. The zero-order chi connectivity index (χ0) is 35.5. The van der Waals surface area contributed by atoms with Gasteiger partial charge < -0.3 is 9.40 Å². The molecule has 1 N–H and O–H groups in total. The normalized spacial score (nSPS) is 11.6. The molecule has 3 aromatic heterocycles.